The number of carbonyl (C=O) groups excluding carboxylic acids is 1. The number of hydrogen-bond acceptors (Lipinski definition) is 4. The highest BCUT2D eigenvalue weighted by atomic mass is 16.5. The molecule has 3 atom stereocenters. The largest absolute Gasteiger partial charge is 0.497 e. The zero-order valence-corrected chi connectivity index (χ0v) is 14.9. The van der Waals surface area contributed by atoms with Crippen LogP contribution in [0.15, 0.2) is 35.5 Å². The molecule has 24 heavy (non-hydrogen) atoms. The molecule has 0 aromatic heterocycles. The first kappa shape index (κ1) is 16.8. The molecule has 0 spiro atoms. The maximum Gasteiger partial charge on any atom is 0.267 e. The van der Waals surface area contributed by atoms with Crippen LogP contribution < -0.4 is 15.5 Å². The number of methoxy groups -OCH3 is 1. The topological polar surface area (TPSA) is 53.6 Å². The van der Waals surface area contributed by atoms with Gasteiger partial charge in [-0.15, -0.1) is 0 Å². The maximum atomic E-state index is 12.9. The van der Waals surface area contributed by atoms with E-state index in [1.54, 1.807) is 12.1 Å². The molecule has 5 nitrogen and oxygen atoms in total. The smallest absolute Gasteiger partial charge is 0.267 e. The first-order chi connectivity index (χ1) is 11.6. The summed E-state index contributed by atoms with van der Waals surface area (Å²) < 4.78 is 5.25. The highest BCUT2D eigenvalue weighted by Crippen LogP contribution is 2.35. The van der Waals surface area contributed by atoms with Gasteiger partial charge in [0.05, 0.1) is 7.11 Å². The van der Waals surface area contributed by atoms with Gasteiger partial charge in [-0.2, -0.15) is 0 Å². The van der Waals surface area contributed by atoms with Gasteiger partial charge in [-0.25, -0.2) is 5.43 Å². The molecular formula is C19H27N3O2. The predicted molar refractivity (Wildman–Crippen MR) is 94.3 cm³/mol. The van der Waals surface area contributed by atoms with Crippen LogP contribution >= 0.6 is 0 Å². The summed E-state index contributed by atoms with van der Waals surface area (Å²) in [6.45, 7) is 6.30. The molecule has 2 N–H and O–H groups in total. The minimum atomic E-state index is -0.0497. The van der Waals surface area contributed by atoms with Crippen molar-refractivity contribution < 1.29 is 9.53 Å². The molecule has 1 aromatic rings. The van der Waals surface area contributed by atoms with Gasteiger partial charge in [0, 0.05) is 23.2 Å². The average Bonchev–Trinajstić information content (AvgIpc) is 2.91. The fourth-order valence-electron chi connectivity index (χ4n) is 3.71. The number of nitrogens with one attached hydrogen (secondary N) is 2. The molecule has 0 bridgehead atoms. The Bertz CT molecular complexity index is 639. The molecule has 1 aromatic carbocycles. The number of amides is 1. The van der Waals surface area contributed by atoms with Gasteiger partial charge in [0.15, 0.2) is 0 Å². The fourth-order valence-corrected chi connectivity index (χ4v) is 3.71. The first-order valence-corrected chi connectivity index (χ1v) is 8.76. The molecular weight excluding hydrogens is 302 g/mol. The maximum absolute atomic E-state index is 12.9. The number of unbranched alkanes of at least 4 members (excludes halogenated alkanes) is 1. The van der Waals surface area contributed by atoms with Crippen molar-refractivity contribution in [1.29, 1.82) is 0 Å². The Morgan fingerprint density at radius 1 is 1.25 bits per heavy atom. The predicted octanol–water partition coefficient (Wildman–Crippen LogP) is 2.91. The van der Waals surface area contributed by atoms with Gasteiger partial charge in [0.1, 0.15) is 11.9 Å². The van der Waals surface area contributed by atoms with Crippen LogP contribution in [0.25, 0.3) is 0 Å². The number of carbonyl (C=O) groups is 1. The van der Waals surface area contributed by atoms with Gasteiger partial charge in [0.25, 0.3) is 5.91 Å². The molecule has 2 aliphatic heterocycles. The van der Waals surface area contributed by atoms with Gasteiger partial charge in [-0.05, 0) is 44.4 Å². The van der Waals surface area contributed by atoms with Crippen molar-refractivity contribution in [2.75, 3.05) is 7.11 Å². The minimum absolute atomic E-state index is 0.0497. The molecule has 1 fully saturated rings. The normalized spacial score (nSPS) is 26.4. The molecule has 1 amide bonds. The van der Waals surface area contributed by atoms with E-state index in [4.69, 9.17) is 4.74 Å². The Morgan fingerprint density at radius 2 is 1.96 bits per heavy atom. The number of ether oxygens (including phenoxy) is 1. The monoisotopic (exact) mass is 329 g/mol. The molecule has 130 valence electrons. The lowest BCUT2D eigenvalue weighted by Gasteiger charge is -2.35. The zero-order chi connectivity index (χ0) is 17.3. The summed E-state index contributed by atoms with van der Waals surface area (Å²) >= 11 is 0. The standard InChI is InChI=1S/C19H27N3O2/c1-5-6-7-16-12(2)20-18-17(13(3)21-22(18)19(16)23)14-8-10-15(24-4)11-9-14/h8-11,13,17-18,20-21H,5-7H2,1-4H3. The van der Waals surface area contributed by atoms with Gasteiger partial charge in [-0.3, -0.25) is 9.80 Å². The summed E-state index contributed by atoms with van der Waals surface area (Å²) in [4.78, 5) is 12.9. The van der Waals surface area contributed by atoms with E-state index < -0.39 is 0 Å². The molecule has 0 aliphatic carbocycles. The van der Waals surface area contributed by atoms with Crippen molar-refractivity contribution in [3.8, 4) is 5.75 Å². The van der Waals surface area contributed by atoms with Crippen molar-refractivity contribution in [2.45, 2.75) is 58.2 Å². The Hall–Kier alpha value is -2.01. The Balaban J connectivity index is 1.87. The Kier molecular flexibility index (Phi) is 4.81. The van der Waals surface area contributed by atoms with Crippen molar-refractivity contribution in [3.63, 3.8) is 0 Å². The van der Waals surface area contributed by atoms with E-state index in [2.05, 4.69) is 36.7 Å². The van der Waals surface area contributed by atoms with E-state index in [-0.39, 0.29) is 24.0 Å². The zero-order valence-electron chi connectivity index (χ0n) is 14.9. The molecule has 1 saturated heterocycles. The van der Waals surface area contributed by atoms with Crippen LogP contribution in [0.2, 0.25) is 0 Å². The molecule has 3 unspecified atom stereocenters. The van der Waals surface area contributed by atoms with Crippen LogP contribution in [0.4, 0.5) is 0 Å². The number of rotatable bonds is 5. The van der Waals surface area contributed by atoms with Gasteiger partial charge in [0.2, 0.25) is 0 Å². The molecule has 5 heteroatoms. The third-order valence-corrected chi connectivity index (χ3v) is 5.07. The average molecular weight is 329 g/mol. The number of benzene rings is 1. The van der Waals surface area contributed by atoms with E-state index >= 15 is 0 Å². The van der Waals surface area contributed by atoms with Crippen molar-refractivity contribution in [3.05, 3.63) is 41.1 Å². The van der Waals surface area contributed by atoms with Crippen LogP contribution in [0.5, 0.6) is 5.75 Å². The molecule has 2 aliphatic rings. The van der Waals surface area contributed by atoms with Crippen molar-refractivity contribution in [1.82, 2.24) is 15.8 Å². The summed E-state index contributed by atoms with van der Waals surface area (Å²) in [5.41, 5.74) is 6.49. The van der Waals surface area contributed by atoms with Crippen LogP contribution in [0, 0.1) is 0 Å². The summed E-state index contributed by atoms with van der Waals surface area (Å²) in [5.74, 6) is 1.16. The van der Waals surface area contributed by atoms with E-state index in [0.29, 0.717) is 0 Å². The summed E-state index contributed by atoms with van der Waals surface area (Å²) in [6, 6.07) is 8.31. The second kappa shape index (κ2) is 6.85. The third-order valence-electron chi connectivity index (χ3n) is 5.07. The van der Waals surface area contributed by atoms with E-state index in [1.165, 1.54) is 5.56 Å². The Labute approximate surface area is 144 Å². The number of hydrogen-bond donors (Lipinski definition) is 2. The van der Waals surface area contributed by atoms with E-state index in [0.717, 1.165) is 36.3 Å². The lowest BCUT2D eigenvalue weighted by atomic mass is 9.90. The first-order valence-electron chi connectivity index (χ1n) is 8.76. The molecule has 2 heterocycles. The summed E-state index contributed by atoms with van der Waals surface area (Å²) in [6.07, 6.45) is 2.91. The number of hydrazine groups is 1. The number of allylic oxidation sites excluding steroid dienone is 1. The molecule has 0 saturated carbocycles. The number of nitrogens with zero attached hydrogens (tertiary/aromatic N) is 1. The second-order valence-electron chi connectivity index (χ2n) is 6.69. The highest BCUT2D eigenvalue weighted by molar-refractivity contribution is 5.95. The Morgan fingerprint density at radius 3 is 2.58 bits per heavy atom. The van der Waals surface area contributed by atoms with Crippen LogP contribution in [-0.4, -0.2) is 30.2 Å². The molecule has 3 rings (SSSR count). The van der Waals surface area contributed by atoms with Crippen LogP contribution in [-0.2, 0) is 4.79 Å². The highest BCUT2D eigenvalue weighted by Gasteiger charge is 2.46. The molecule has 0 radical (unpaired) electrons. The van der Waals surface area contributed by atoms with E-state index in [9.17, 15) is 4.79 Å². The number of fused-ring (bicyclic) bond motifs is 1. The quantitative estimate of drug-likeness (QED) is 0.872. The second-order valence-corrected chi connectivity index (χ2v) is 6.69. The SMILES string of the molecule is CCCCC1=C(C)NC2C(c3ccc(OC)cc3)C(C)NN2C1=O. The summed E-state index contributed by atoms with van der Waals surface area (Å²) in [5, 5.41) is 5.36. The van der Waals surface area contributed by atoms with Crippen LogP contribution in [0.3, 0.4) is 0 Å². The summed E-state index contributed by atoms with van der Waals surface area (Å²) in [7, 11) is 1.67. The van der Waals surface area contributed by atoms with E-state index in [1.807, 2.05) is 19.1 Å². The lowest BCUT2D eigenvalue weighted by molar-refractivity contribution is -0.133. The van der Waals surface area contributed by atoms with Crippen molar-refractivity contribution >= 4 is 5.91 Å². The lowest BCUT2D eigenvalue weighted by Crippen LogP contribution is -2.54. The van der Waals surface area contributed by atoms with Gasteiger partial charge < -0.3 is 10.1 Å². The van der Waals surface area contributed by atoms with Crippen LogP contribution in [0.1, 0.15) is 51.5 Å². The fraction of sp³-hybridized carbons (Fsp3) is 0.526. The van der Waals surface area contributed by atoms with Crippen molar-refractivity contribution in [2.24, 2.45) is 0 Å². The van der Waals surface area contributed by atoms with Gasteiger partial charge >= 0.3 is 0 Å². The minimum Gasteiger partial charge on any atom is -0.497 e. The van der Waals surface area contributed by atoms with Gasteiger partial charge in [-0.1, -0.05) is 25.5 Å². The third kappa shape index (κ3) is 2.88.